The van der Waals surface area contributed by atoms with E-state index in [-0.39, 0.29) is 17.7 Å². The number of aryl methyl sites for hydroxylation is 1. The van der Waals surface area contributed by atoms with Crippen molar-refractivity contribution in [2.24, 2.45) is 5.92 Å². The Morgan fingerprint density at radius 2 is 1.67 bits per heavy atom. The molecule has 2 amide bonds. The molecule has 0 aliphatic heterocycles. The summed E-state index contributed by atoms with van der Waals surface area (Å²) in [6, 6.07) is 7.70. The van der Waals surface area contributed by atoms with Crippen LogP contribution in [-0.4, -0.2) is 29.8 Å². The van der Waals surface area contributed by atoms with E-state index in [9.17, 15) is 9.59 Å². The number of hydrogen-bond acceptors (Lipinski definition) is 2. The molecule has 0 heterocycles. The lowest BCUT2D eigenvalue weighted by molar-refractivity contribution is -0.131. The summed E-state index contributed by atoms with van der Waals surface area (Å²) in [7, 11) is 0. The van der Waals surface area contributed by atoms with Crippen LogP contribution in [0.15, 0.2) is 24.3 Å². The molecule has 0 saturated heterocycles. The molecule has 4 nitrogen and oxygen atoms in total. The van der Waals surface area contributed by atoms with Gasteiger partial charge in [0.2, 0.25) is 11.8 Å². The number of nitrogens with one attached hydrogen (secondary N) is 1. The molecule has 0 aliphatic carbocycles. The number of carbonyl (C=O) groups is 2. The Kier molecular flexibility index (Phi) is 6.92. The van der Waals surface area contributed by atoms with E-state index in [0.29, 0.717) is 12.8 Å². The lowest BCUT2D eigenvalue weighted by Gasteiger charge is -2.20. The van der Waals surface area contributed by atoms with Gasteiger partial charge in [0.1, 0.15) is 0 Å². The van der Waals surface area contributed by atoms with Crippen LogP contribution in [0.2, 0.25) is 0 Å². The van der Waals surface area contributed by atoms with Crippen LogP contribution < -0.4 is 5.32 Å². The fraction of sp³-hybridized carbons (Fsp3) is 0.529. The zero-order valence-electron chi connectivity index (χ0n) is 13.5. The fourth-order valence-electron chi connectivity index (χ4n) is 2.24. The van der Waals surface area contributed by atoms with Gasteiger partial charge in [-0.05, 0) is 38.8 Å². The summed E-state index contributed by atoms with van der Waals surface area (Å²) in [6.45, 7) is 9.32. The largest absolute Gasteiger partial charge is 0.343 e. The molecule has 0 aliphatic rings. The minimum Gasteiger partial charge on any atom is -0.343 e. The first-order chi connectivity index (χ1) is 9.96. The normalized spacial score (nSPS) is 11.8. The first kappa shape index (κ1) is 17.2. The van der Waals surface area contributed by atoms with Crippen molar-refractivity contribution in [2.45, 2.75) is 40.5 Å². The first-order valence-electron chi connectivity index (χ1n) is 7.60. The van der Waals surface area contributed by atoms with E-state index in [0.717, 1.165) is 24.3 Å². The molecule has 1 aromatic carbocycles. The van der Waals surface area contributed by atoms with Crippen molar-refractivity contribution in [1.29, 1.82) is 0 Å². The highest BCUT2D eigenvalue weighted by molar-refractivity contribution is 5.91. The number of nitrogens with zero attached hydrogens (tertiary/aromatic N) is 1. The van der Waals surface area contributed by atoms with Gasteiger partial charge in [-0.1, -0.05) is 24.6 Å². The third-order valence-electron chi connectivity index (χ3n) is 3.51. The molecular weight excluding hydrogens is 264 g/mol. The Hall–Kier alpha value is -1.84. The van der Waals surface area contributed by atoms with Crippen LogP contribution in [0.5, 0.6) is 0 Å². The standard InChI is InChI=1S/C17H26N2O2/c1-5-19(6-2)17(21)12-14(4)11-16(20)18-15-9-7-13(3)8-10-15/h7-10,14H,5-6,11-12H2,1-4H3,(H,18,20). The first-order valence-corrected chi connectivity index (χ1v) is 7.60. The Bertz CT molecular complexity index is 464. The summed E-state index contributed by atoms with van der Waals surface area (Å²) in [4.78, 5) is 25.7. The van der Waals surface area contributed by atoms with Crippen molar-refractivity contribution in [3.63, 3.8) is 0 Å². The maximum Gasteiger partial charge on any atom is 0.224 e. The van der Waals surface area contributed by atoms with Gasteiger partial charge in [-0.2, -0.15) is 0 Å². The molecule has 1 unspecified atom stereocenters. The maximum absolute atomic E-state index is 12.0. The topological polar surface area (TPSA) is 49.4 Å². The summed E-state index contributed by atoms with van der Waals surface area (Å²) < 4.78 is 0. The maximum atomic E-state index is 12.0. The van der Waals surface area contributed by atoms with Crippen LogP contribution in [0.1, 0.15) is 39.2 Å². The molecule has 1 atom stereocenters. The van der Waals surface area contributed by atoms with Gasteiger partial charge in [-0.15, -0.1) is 0 Å². The minimum absolute atomic E-state index is 0.0429. The van der Waals surface area contributed by atoms with Gasteiger partial charge in [-0.3, -0.25) is 9.59 Å². The monoisotopic (exact) mass is 290 g/mol. The number of carbonyl (C=O) groups excluding carboxylic acids is 2. The van der Waals surface area contributed by atoms with Gasteiger partial charge in [0.15, 0.2) is 0 Å². The molecule has 0 spiro atoms. The highest BCUT2D eigenvalue weighted by atomic mass is 16.2. The molecule has 116 valence electrons. The average molecular weight is 290 g/mol. The van der Waals surface area contributed by atoms with E-state index in [2.05, 4.69) is 5.32 Å². The van der Waals surface area contributed by atoms with Crippen LogP contribution in [-0.2, 0) is 9.59 Å². The third-order valence-corrected chi connectivity index (χ3v) is 3.51. The van der Waals surface area contributed by atoms with Gasteiger partial charge < -0.3 is 10.2 Å². The number of rotatable bonds is 7. The zero-order valence-corrected chi connectivity index (χ0v) is 13.5. The van der Waals surface area contributed by atoms with E-state index < -0.39 is 0 Å². The zero-order chi connectivity index (χ0) is 15.8. The van der Waals surface area contributed by atoms with Crippen molar-refractivity contribution in [1.82, 2.24) is 4.90 Å². The molecule has 0 fully saturated rings. The summed E-state index contributed by atoms with van der Waals surface area (Å²) >= 11 is 0. The van der Waals surface area contributed by atoms with Gasteiger partial charge in [-0.25, -0.2) is 0 Å². The Labute approximate surface area is 127 Å². The van der Waals surface area contributed by atoms with Crippen molar-refractivity contribution >= 4 is 17.5 Å². The van der Waals surface area contributed by atoms with Crippen molar-refractivity contribution in [2.75, 3.05) is 18.4 Å². The van der Waals surface area contributed by atoms with Crippen LogP contribution in [0.3, 0.4) is 0 Å². The number of anilines is 1. The fourth-order valence-corrected chi connectivity index (χ4v) is 2.24. The smallest absolute Gasteiger partial charge is 0.224 e. The molecule has 4 heteroatoms. The lowest BCUT2D eigenvalue weighted by atomic mass is 10.0. The molecule has 1 N–H and O–H groups in total. The minimum atomic E-state index is -0.0429. The number of hydrogen-bond donors (Lipinski definition) is 1. The highest BCUT2D eigenvalue weighted by Crippen LogP contribution is 2.13. The van der Waals surface area contributed by atoms with Gasteiger partial charge in [0.25, 0.3) is 0 Å². The highest BCUT2D eigenvalue weighted by Gasteiger charge is 2.16. The summed E-state index contributed by atoms with van der Waals surface area (Å²) in [5.41, 5.74) is 1.96. The molecule has 1 aromatic rings. The van der Waals surface area contributed by atoms with E-state index in [1.807, 2.05) is 52.0 Å². The van der Waals surface area contributed by atoms with Gasteiger partial charge in [0.05, 0.1) is 0 Å². The van der Waals surface area contributed by atoms with Crippen molar-refractivity contribution < 1.29 is 9.59 Å². The molecule has 0 bridgehead atoms. The van der Waals surface area contributed by atoms with Crippen LogP contribution in [0, 0.1) is 12.8 Å². The van der Waals surface area contributed by atoms with E-state index >= 15 is 0 Å². The Balaban J connectivity index is 2.43. The molecule has 0 aromatic heterocycles. The summed E-state index contributed by atoms with van der Waals surface area (Å²) in [5, 5.41) is 2.87. The number of amides is 2. The van der Waals surface area contributed by atoms with Crippen LogP contribution in [0.4, 0.5) is 5.69 Å². The number of benzene rings is 1. The second-order valence-corrected chi connectivity index (χ2v) is 5.49. The molecular formula is C17H26N2O2. The van der Waals surface area contributed by atoms with E-state index in [1.54, 1.807) is 4.90 Å². The second-order valence-electron chi connectivity index (χ2n) is 5.49. The van der Waals surface area contributed by atoms with Gasteiger partial charge >= 0.3 is 0 Å². The van der Waals surface area contributed by atoms with Crippen molar-refractivity contribution in [3.05, 3.63) is 29.8 Å². The average Bonchev–Trinajstić information content (AvgIpc) is 2.42. The second kappa shape index (κ2) is 8.45. The van der Waals surface area contributed by atoms with E-state index in [1.165, 1.54) is 0 Å². The molecule has 0 saturated carbocycles. The Morgan fingerprint density at radius 3 is 2.19 bits per heavy atom. The van der Waals surface area contributed by atoms with Gasteiger partial charge in [0, 0.05) is 31.6 Å². The van der Waals surface area contributed by atoms with Crippen LogP contribution >= 0.6 is 0 Å². The predicted octanol–water partition coefficient (Wildman–Crippen LogP) is 3.22. The summed E-state index contributed by atoms with van der Waals surface area (Å²) in [6.07, 6.45) is 0.782. The molecule has 1 rings (SSSR count). The lowest BCUT2D eigenvalue weighted by Crippen LogP contribution is -2.32. The van der Waals surface area contributed by atoms with E-state index in [4.69, 9.17) is 0 Å². The quantitative estimate of drug-likeness (QED) is 0.838. The van der Waals surface area contributed by atoms with Crippen molar-refractivity contribution in [3.8, 4) is 0 Å². The predicted molar refractivity (Wildman–Crippen MR) is 86.1 cm³/mol. The molecule has 21 heavy (non-hydrogen) atoms. The summed E-state index contributed by atoms with van der Waals surface area (Å²) in [5.74, 6) is 0.123. The Morgan fingerprint density at radius 1 is 1.10 bits per heavy atom. The SMILES string of the molecule is CCN(CC)C(=O)CC(C)CC(=O)Nc1ccc(C)cc1. The third kappa shape index (κ3) is 5.98. The van der Waals surface area contributed by atoms with Crippen LogP contribution in [0.25, 0.3) is 0 Å². The molecule has 0 radical (unpaired) electrons.